The van der Waals surface area contributed by atoms with Crippen LogP contribution in [0.25, 0.3) is 0 Å². The second-order valence-corrected chi connectivity index (χ2v) is 15.4. The lowest BCUT2D eigenvalue weighted by atomic mass is 10.1. The van der Waals surface area contributed by atoms with E-state index in [0.717, 1.165) is 12.8 Å². The molecule has 2 aliphatic rings. The molecule has 0 aliphatic carbocycles. The van der Waals surface area contributed by atoms with Gasteiger partial charge in [-0.05, 0) is 68.2 Å². The number of carbonyl (C=O) groups is 4. The highest BCUT2D eigenvalue weighted by molar-refractivity contribution is 6.31. The molecule has 2 aromatic rings. The van der Waals surface area contributed by atoms with E-state index < -0.39 is 23.1 Å². The summed E-state index contributed by atoms with van der Waals surface area (Å²) in [6.45, 7) is 21.4. The highest BCUT2D eigenvalue weighted by Crippen LogP contribution is 2.29. The average Bonchev–Trinajstić information content (AvgIpc) is 3.09. The lowest BCUT2D eigenvalue weighted by Crippen LogP contribution is -2.60. The third-order valence-corrected chi connectivity index (χ3v) is 8.84. The molecule has 0 unspecified atom stereocenters. The summed E-state index contributed by atoms with van der Waals surface area (Å²) in [5.41, 5.74) is -0.846. The molecule has 16 nitrogen and oxygen atoms in total. The molecule has 0 spiro atoms. The van der Waals surface area contributed by atoms with Crippen LogP contribution in [-0.2, 0) is 18.9 Å². The quantitative estimate of drug-likeness (QED) is 0.207. The van der Waals surface area contributed by atoms with Crippen molar-refractivity contribution >= 4 is 47.4 Å². The Balaban J connectivity index is 0.00000103. The number of hydrogen-bond acceptors (Lipinski definition) is 14. The van der Waals surface area contributed by atoms with Gasteiger partial charge in [0.25, 0.3) is 0 Å². The molecule has 0 N–H and O–H groups in total. The molecule has 4 rings (SSSR count). The van der Waals surface area contributed by atoms with E-state index in [4.69, 9.17) is 21.1 Å². The molecule has 2 fully saturated rings. The van der Waals surface area contributed by atoms with Gasteiger partial charge in [0.05, 0.1) is 44.9 Å². The summed E-state index contributed by atoms with van der Waals surface area (Å²) in [6, 6.07) is -0.0305. The lowest BCUT2D eigenvalue weighted by molar-refractivity contribution is 0.00958. The number of esters is 2. The van der Waals surface area contributed by atoms with E-state index in [0.29, 0.717) is 37.8 Å². The van der Waals surface area contributed by atoms with Gasteiger partial charge in [0, 0.05) is 38.3 Å². The highest BCUT2D eigenvalue weighted by Gasteiger charge is 2.38. The molecule has 4 atom stereocenters. The van der Waals surface area contributed by atoms with Crippen LogP contribution in [0.1, 0.15) is 125 Å². The first kappa shape index (κ1) is 51.5. The predicted molar refractivity (Wildman–Crippen MR) is 220 cm³/mol. The molecular weight excluding hydrogens is 744 g/mol. The highest BCUT2D eigenvalue weighted by atomic mass is 35.5. The van der Waals surface area contributed by atoms with Gasteiger partial charge >= 0.3 is 24.1 Å². The fraction of sp³-hybridized carbons (Fsp3) is 0.692. The van der Waals surface area contributed by atoms with Crippen molar-refractivity contribution in [3.05, 3.63) is 35.1 Å². The number of hydrogen-bond donors (Lipinski definition) is 0. The van der Waals surface area contributed by atoms with Gasteiger partial charge in [0.2, 0.25) is 0 Å². The van der Waals surface area contributed by atoms with Crippen LogP contribution < -0.4 is 9.80 Å². The number of halogens is 1. The van der Waals surface area contributed by atoms with E-state index in [1.54, 1.807) is 16.0 Å². The maximum Gasteiger partial charge on any atom is 0.410 e. The first-order valence-corrected chi connectivity index (χ1v) is 18.1. The minimum absolute atomic E-state index is 0. The van der Waals surface area contributed by atoms with Gasteiger partial charge in [-0.1, -0.05) is 47.7 Å². The zero-order valence-electron chi connectivity index (χ0n) is 33.0. The van der Waals surface area contributed by atoms with Crippen LogP contribution in [0.5, 0.6) is 0 Å². The number of rotatable bonds is 6. The summed E-state index contributed by atoms with van der Waals surface area (Å²) in [6.07, 6.45) is 5.28. The van der Waals surface area contributed by atoms with Crippen LogP contribution in [0, 0.1) is 0 Å². The standard InChI is InChI=1S/C18H27ClN4O4.C18H28N4O4.3CH4/c1-7-12-10-22(11(2)9-23(12)17(25)27-18(3,4)5)15-14(19)21-13(8-20-15)16(24)26-6;1-7-13-11-21(15-9-19-14(8-20-15)16(23)25-6)12(2)10-22(13)17(24)26-18(3,4)5;;;/h8,11-12H,7,9-10H2,1-6H3;8-9,12-13H,7,10-11H2,1-6H3;3*1H4/t11-,12+;12-,13+;;;/m11.../s1. The minimum Gasteiger partial charge on any atom is -0.464 e. The monoisotopic (exact) mass is 810 g/mol. The van der Waals surface area contributed by atoms with Crippen molar-refractivity contribution in [2.24, 2.45) is 0 Å². The van der Waals surface area contributed by atoms with E-state index in [1.165, 1.54) is 26.6 Å². The van der Waals surface area contributed by atoms with Gasteiger partial charge in [-0.3, -0.25) is 0 Å². The first-order chi connectivity index (χ1) is 24.7. The minimum atomic E-state index is -0.592. The van der Waals surface area contributed by atoms with Gasteiger partial charge < -0.3 is 38.5 Å². The van der Waals surface area contributed by atoms with Crippen LogP contribution in [-0.4, -0.2) is 130 Å². The molecule has 2 amide bonds. The second kappa shape index (κ2) is 21.7. The number of piperazine rings is 2. The molecule has 0 radical (unpaired) electrons. The topological polar surface area (TPSA) is 170 Å². The molecule has 2 aromatic heterocycles. The zero-order chi connectivity index (χ0) is 39.8. The fourth-order valence-corrected chi connectivity index (χ4v) is 6.16. The van der Waals surface area contributed by atoms with Crippen molar-refractivity contribution in [1.29, 1.82) is 0 Å². The molecular formula is C39H67ClN8O8. The van der Waals surface area contributed by atoms with Crippen molar-refractivity contribution < 1.29 is 38.1 Å². The largest absolute Gasteiger partial charge is 0.464 e. The van der Waals surface area contributed by atoms with Crippen molar-refractivity contribution in [1.82, 2.24) is 29.7 Å². The molecule has 0 aromatic carbocycles. The molecule has 318 valence electrons. The van der Waals surface area contributed by atoms with Crippen molar-refractivity contribution in [2.45, 2.75) is 140 Å². The molecule has 2 saturated heterocycles. The number of anilines is 2. The van der Waals surface area contributed by atoms with Crippen LogP contribution in [0.2, 0.25) is 5.15 Å². The Bertz CT molecular complexity index is 1580. The van der Waals surface area contributed by atoms with Gasteiger partial charge in [-0.2, -0.15) is 0 Å². The smallest absolute Gasteiger partial charge is 0.410 e. The van der Waals surface area contributed by atoms with Gasteiger partial charge in [0.1, 0.15) is 17.0 Å². The van der Waals surface area contributed by atoms with Gasteiger partial charge in [-0.15, -0.1) is 0 Å². The van der Waals surface area contributed by atoms with Crippen LogP contribution in [0.3, 0.4) is 0 Å². The average molecular weight is 811 g/mol. The van der Waals surface area contributed by atoms with Crippen molar-refractivity contribution in [3.8, 4) is 0 Å². The normalized spacial score (nSPS) is 19.4. The van der Waals surface area contributed by atoms with Crippen LogP contribution in [0.4, 0.5) is 21.2 Å². The number of methoxy groups -OCH3 is 2. The maximum atomic E-state index is 12.6. The summed E-state index contributed by atoms with van der Waals surface area (Å²) < 4.78 is 20.4. The molecule has 2 aliphatic heterocycles. The van der Waals surface area contributed by atoms with Crippen LogP contribution in [0.15, 0.2) is 18.6 Å². The number of nitrogens with zero attached hydrogens (tertiary/aromatic N) is 8. The predicted octanol–water partition coefficient (Wildman–Crippen LogP) is 7.54. The summed E-state index contributed by atoms with van der Waals surface area (Å²) in [5, 5.41) is 0.130. The third kappa shape index (κ3) is 13.6. The number of carbonyl (C=O) groups excluding carboxylic acids is 4. The van der Waals surface area contributed by atoms with E-state index in [-0.39, 0.29) is 75.2 Å². The van der Waals surface area contributed by atoms with Crippen molar-refractivity contribution in [3.63, 3.8) is 0 Å². The molecule has 4 heterocycles. The van der Waals surface area contributed by atoms with Gasteiger partial charge in [-0.25, -0.2) is 39.1 Å². The molecule has 0 saturated carbocycles. The number of aromatic nitrogens is 4. The zero-order valence-corrected chi connectivity index (χ0v) is 33.8. The summed E-state index contributed by atoms with van der Waals surface area (Å²) in [4.78, 5) is 72.7. The summed E-state index contributed by atoms with van der Waals surface area (Å²) in [7, 11) is 2.58. The number of amides is 2. The maximum absolute atomic E-state index is 12.6. The van der Waals surface area contributed by atoms with Gasteiger partial charge in [0.15, 0.2) is 22.4 Å². The Morgan fingerprint density at radius 2 is 1.11 bits per heavy atom. The van der Waals surface area contributed by atoms with E-state index in [1.807, 2.05) is 74.1 Å². The SMILES string of the molecule is C.C.C.CC[C@H]1CN(c2cnc(C(=O)OC)cn2)[C@H](C)CN1C(=O)OC(C)(C)C.CC[C@H]1CN(c2ncc(C(=O)OC)nc2Cl)[C@H](C)CN1C(=O)OC(C)(C)C. The van der Waals surface area contributed by atoms with E-state index in [9.17, 15) is 19.2 Å². The summed E-state index contributed by atoms with van der Waals surface area (Å²) in [5.74, 6) is 0.0509. The first-order valence-electron chi connectivity index (χ1n) is 17.8. The van der Waals surface area contributed by atoms with Crippen LogP contribution >= 0.6 is 11.6 Å². The Hall–Kier alpha value is -4.47. The Morgan fingerprint density at radius 1 is 0.679 bits per heavy atom. The molecule has 0 bridgehead atoms. The summed E-state index contributed by atoms with van der Waals surface area (Å²) >= 11 is 6.28. The Labute approximate surface area is 339 Å². The second-order valence-electron chi connectivity index (χ2n) is 15.0. The Kier molecular flexibility index (Phi) is 20.0. The van der Waals surface area contributed by atoms with E-state index in [2.05, 4.69) is 34.3 Å². The fourth-order valence-electron chi connectivity index (χ4n) is 5.91. The lowest BCUT2D eigenvalue weighted by Gasteiger charge is -2.45. The molecule has 56 heavy (non-hydrogen) atoms. The Morgan fingerprint density at radius 3 is 1.50 bits per heavy atom. The molecule has 17 heteroatoms. The van der Waals surface area contributed by atoms with Crippen molar-refractivity contribution in [2.75, 3.05) is 50.2 Å². The van der Waals surface area contributed by atoms with E-state index >= 15 is 0 Å². The number of ether oxygens (including phenoxy) is 4. The third-order valence-electron chi connectivity index (χ3n) is 8.59.